The fraction of sp³-hybridized carbons (Fsp3) is 0.273. The van der Waals surface area contributed by atoms with E-state index in [2.05, 4.69) is 51.8 Å². The zero-order chi connectivity index (χ0) is 20.4. The molecule has 0 bridgehead atoms. The van der Waals surface area contributed by atoms with Gasteiger partial charge in [0, 0.05) is 46.9 Å². The molecule has 1 aliphatic rings. The Labute approximate surface area is 174 Å². The van der Waals surface area contributed by atoms with Gasteiger partial charge in [0.2, 0.25) is 5.95 Å². The molecule has 1 aliphatic heterocycles. The first-order valence-electron chi connectivity index (χ1n) is 9.43. The summed E-state index contributed by atoms with van der Waals surface area (Å²) in [5, 5.41) is 6.22. The van der Waals surface area contributed by atoms with Crippen LogP contribution in [0.3, 0.4) is 0 Å². The average molecular weight is 406 g/mol. The fourth-order valence-electron chi connectivity index (χ4n) is 3.44. The van der Waals surface area contributed by atoms with Gasteiger partial charge in [0.25, 0.3) is 5.91 Å². The largest absolute Gasteiger partial charge is 0.351 e. The van der Waals surface area contributed by atoms with Crippen molar-refractivity contribution in [2.24, 2.45) is 0 Å². The van der Waals surface area contributed by atoms with Gasteiger partial charge in [0.15, 0.2) is 0 Å². The van der Waals surface area contributed by atoms with Crippen LogP contribution in [0.1, 0.15) is 35.5 Å². The summed E-state index contributed by atoms with van der Waals surface area (Å²) in [6.07, 6.45) is 5.58. The third-order valence-electron chi connectivity index (χ3n) is 5.00. The van der Waals surface area contributed by atoms with Crippen molar-refractivity contribution in [1.82, 2.24) is 20.3 Å². The maximum Gasteiger partial charge on any atom is 0.251 e. The van der Waals surface area contributed by atoms with Gasteiger partial charge in [-0.2, -0.15) is 11.8 Å². The number of pyridine rings is 1. The summed E-state index contributed by atoms with van der Waals surface area (Å²) in [5.74, 6) is 1.36. The van der Waals surface area contributed by atoms with Crippen LogP contribution in [0, 0.1) is 0 Å². The van der Waals surface area contributed by atoms with Gasteiger partial charge >= 0.3 is 0 Å². The molecule has 1 amide bonds. The Kier molecular flexibility index (Phi) is 5.24. The molecule has 0 saturated heterocycles. The normalized spacial score (nSPS) is 14.8. The van der Waals surface area contributed by atoms with Crippen LogP contribution in [0.15, 0.2) is 48.8 Å². The zero-order valence-corrected chi connectivity index (χ0v) is 17.5. The lowest BCUT2D eigenvalue weighted by Crippen LogP contribution is -2.43. The predicted molar refractivity (Wildman–Crippen MR) is 118 cm³/mol. The molecule has 3 heterocycles. The van der Waals surface area contributed by atoms with Crippen molar-refractivity contribution in [3.05, 3.63) is 65.6 Å². The first kappa shape index (κ1) is 19.4. The number of thioether (sulfide) groups is 1. The molecule has 0 radical (unpaired) electrons. The molecular formula is C22H23N5OS. The van der Waals surface area contributed by atoms with Crippen LogP contribution < -0.4 is 10.6 Å². The highest BCUT2D eigenvalue weighted by molar-refractivity contribution is 7.97. The maximum absolute atomic E-state index is 12.2. The van der Waals surface area contributed by atoms with Crippen molar-refractivity contribution in [2.45, 2.75) is 25.0 Å². The van der Waals surface area contributed by atoms with E-state index in [0.717, 1.165) is 39.5 Å². The van der Waals surface area contributed by atoms with Crippen LogP contribution in [-0.2, 0) is 11.2 Å². The first-order chi connectivity index (χ1) is 14.0. The van der Waals surface area contributed by atoms with Crippen molar-refractivity contribution >= 4 is 29.3 Å². The summed E-state index contributed by atoms with van der Waals surface area (Å²) >= 11 is 1.73. The highest BCUT2D eigenvalue weighted by Crippen LogP contribution is 2.33. The Morgan fingerprint density at radius 2 is 1.97 bits per heavy atom. The molecule has 7 heteroatoms. The summed E-state index contributed by atoms with van der Waals surface area (Å²) in [4.78, 5) is 25.6. The van der Waals surface area contributed by atoms with Gasteiger partial charge in [-0.05, 0) is 42.2 Å². The highest BCUT2D eigenvalue weighted by atomic mass is 32.2. The number of hydrogen-bond acceptors (Lipinski definition) is 6. The second kappa shape index (κ2) is 7.83. The zero-order valence-electron chi connectivity index (χ0n) is 16.7. The van der Waals surface area contributed by atoms with Gasteiger partial charge in [-0.1, -0.05) is 19.9 Å². The lowest BCUT2D eigenvalue weighted by Gasteiger charge is -2.32. The molecule has 4 rings (SSSR count). The van der Waals surface area contributed by atoms with Crippen LogP contribution in [0.25, 0.3) is 11.3 Å². The second-order valence-electron chi connectivity index (χ2n) is 7.69. The third kappa shape index (κ3) is 4.10. The number of carbonyl (C=O) groups is 1. The van der Waals surface area contributed by atoms with Crippen molar-refractivity contribution in [3.63, 3.8) is 0 Å². The Morgan fingerprint density at radius 1 is 1.14 bits per heavy atom. The van der Waals surface area contributed by atoms with E-state index in [1.807, 2.05) is 30.3 Å². The summed E-state index contributed by atoms with van der Waals surface area (Å²) in [7, 11) is 0. The number of rotatable bonds is 5. The molecule has 29 heavy (non-hydrogen) atoms. The van der Waals surface area contributed by atoms with E-state index in [1.54, 1.807) is 24.2 Å². The van der Waals surface area contributed by atoms with Gasteiger partial charge in [0.05, 0.1) is 11.4 Å². The molecule has 0 saturated carbocycles. The van der Waals surface area contributed by atoms with Crippen molar-refractivity contribution < 1.29 is 4.79 Å². The smallest absolute Gasteiger partial charge is 0.251 e. The maximum atomic E-state index is 12.2. The van der Waals surface area contributed by atoms with Crippen LogP contribution in [0.5, 0.6) is 0 Å². The Hall–Kier alpha value is -2.93. The lowest BCUT2D eigenvalue weighted by atomic mass is 9.78. The number of hydrogen-bond donors (Lipinski definition) is 2. The van der Waals surface area contributed by atoms with E-state index in [9.17, 15) is 4.79 Å². The molecule has 6 nitrogen and oxygen atoms in total. The Bertz CT molecular complexity index is 1070. The lowest BCUT2D eigenvalue weighted by molar-refractivity contribution is 0.0930. The first-order valence-corrected chi connectivity index (χ1v) is 10.8. The van der Waals surface area contributed by atoms with E-state index in [0.29, 0.717) is 12.5 Å². The molecule has 0 spiro atoms. The number of anilines is 2. The van der Waals surface area contributed by atoms with Gasteiger partial charge in [-0.25, -0.2) is 9.97 Å². The van der Waals surface area contributed by atoms with Crippen LogP contribution in [0.4, 0.5) is 11.6 Å². The van der Waals surface area contributed by atoms with Gasteiger partial charge < -0.3 is 10.6 Å². The Balaban J connectivity index is 1.64. The molecule has 1 aromatic carbocycles. The predicted octanol–water partition coefficient (Wildman–Crippen LogP) is 4.17. The minimum atomic E-state index is -0.127. The topological polar surface area (TPSA) is 79.8 Å². The number of aromatic nitrogens is 3. The molecule has 0 fully saturated rings. The van der Waals surface area contributed by atoms with E-state index < -0.39 is 0 Å². The fourth-order valence-corrected chi connectivity index (χ4v) is 3.90. The van der Waals surface area contributed by atoms with Crippen molar-refractivity contribution in [2.75, 3.05) is 18.1 Å². The average Bonchev–Trinajstić information content (AvgIpc) is 2.72. The van der Waals surface area contributed by atoms with Gasteiger partial charge in [-0.15, -0.1) is 0 Å². The van der Waals surface area contributed by atoms with E-state index in [1.165, 1.54) is 0 Å². The number of nitrogens with one attached hydrogen (secondary N) is 2. The molecule has 3 aromatic rings. The molecule has 0 aliphatic carbocycles. The number of amides is 1. The molecule has 148 valence electrons. The summed E-state index contributed by atoms with van der Waals surface area (Å²) in [5.41, 5.74) is 5.34. The van der Waals surface area contributed by atoms with Crippen LogP contribution >= 0.6 is 11.8 Å². The number of carbonyl (C=O) groups excluding carboxylic acids is 1. The van der Waals surface area contributed by atoms with Crippen molar-refractivity contribution in [1.29, 1.82) is 0 Å². The minimum Gasteiger partial charge on any atom is -0.351 e. The molecule has 0 unspecified atom stereocenters. The highest BCUT2D eigenvalue weighted by Gasteiger charge is 2.31. The van der Waals surface area contributed by atoms with Gasteiger partial charge in [0.1, 0.15) is 0 Å². The van der Waals surface area contributed by atoms with Crippen molar-refractivity contribution in [3.8, 4) is 11.3 Å². The Morgan fingerprint density at radius 3 is 2.79 bits per heavy atom. The summed E-state index contributed by atoms with van der Waals surface area (Å²) < 4.78 is 0. The summed E-state index contributed by atoms with van der Waals surface area (Å²) in [6, 6.07) is 11.7. The second-order valence-corrected chi connectivity index (χ2v) is 8.55. The quantitative estimate of drug-likeness (QED) is 0.663. The van der Waals surface area contributed by atoms with Crippen LogP contribution in [-0.4, -0.2) is 33.7 Å². The van der Waals surface area contributed by atoms with Crippen LogP contribution in [0.2, 0.25) is 0 Å². The van der Waals surface area contributed by atoms with E-state index in [-0.39, 0.29) is 11.3 Å². The molecule has 2 aromatic heterocycles. The SMILES string of the molecule is CSCc1cc(Nc2nccc(-c3ccc4c(c3)C(C)(C)CNC4=O)n2)ccn1. The standard InChI is InChI=1S/C22H23N5OS/c1-22(2)13-25-20(28)17-5-4-14(10-18(17)22)19-7-9-24-21(27-19)26-15-6-8-23-16(11-15)12-29-3/h4-11H,12-13H2,1-3H3,(H,25,28)(H,23,24,26,27). The third-order valence-corrected chi connectivity index (χ3v) is 5.58. The number of nitrogens with zero attached hydrogens (tertiary/aromatic N) is 3. The molecule has 0 atom stereocenters. The molecular weight excluding hydrogens is 382 g/mol. The minimum absolute atomic E-state index is 0.0188. The number of fused-ring (bicyclic) bond motifs is 1. The summed E-state index contributed by atoms with van der Waals surface area (Å²) in [6.45, 7) is 4.90. The van der Waals surface area contributed by atoms with Gasteiger partial charge in [-0.3, -0.25) is 9.78 Å². The van der Waals surface area contributed by atoms with E-state index >= 15 is 0 Å². The number of benzene rings is 1. The van der Waals surface area contributed by atoms with E-state index in [4.69, 9.17) is 0 Å². The monoisotopic (exact) mass is 405 g/mol. The molecule has 2 N–H and O–H groups in total.